The summed E-state index contributed by atoms with van der Waals surface area (Å²) in [6, 6.07) is 3.20. The maximum Gasteiger partial charge on any atom is 0.253 e. The molecule has 2 aromatic rings. The fourth-order valence-corrected chi connectivity index (χ4v) is 1.16. The molecule has 14 heavy (non-hydrogen) atoms. The van der Waals surface area contributed by atoms with E-state index in [9.17, 15) is 4.79 Å². The molecule has 2 heterocycles. The van der Waals surface area contributed by atoms with Gasteiger partial charge in [-0.2, -0.15) is 0 Å². The first kappa shape index (κ1) is 8.68. The van der Waals surface area contributed by atoms with Crippen molar-refractivity contribution in [3.05, 3.63) is 46.5 Å². The molecule has 5 nitrogen and oxygen atoms in total. The van der Waals surface area contributed by atoms with E-state index in [-0.39, 0.29) is 5.56 Å². The first-order valence-corrected chi connectivity index (χ1v) is 4.18. The highest BCUT2D eigenvalue weighted by Crippen LogP contribution is 2.01. The Bertz CT molecular complexity index is 487. The SMILES string of the molecule is Cc1cc(Cn2cnccc2=O)no1. The van der Waals surface area contributed by atoms with Gasteiger partial charge in [-0.1, -0.05) is 5.16 Å². The van der Waals surface area contributed by atoms with Crippen molar-refractivity contribution in [3.63, 3.8) is 0 Å². The largest absolute Gasteiger partial charge is 0.361 e. The monoisotopic (exact) mass is 191 g/mol. The summed E-state index contributed by atoms with van der Waals surface area (Å²) >= 11 is 0. The Morgan fingerprint density at radius 3 is 3.07 bits per heavy atom. The fraction of sp³-hybridized carbons (Fsp3) is 0.222. The summed E-state index contributed by atoms with van der Waals surface area (Å²) in [6.45, 7) is 2.20. The highest BCUT2D eigenvalue weighted by Gasteiger charge is 2.01. The van der Waals surface area contributed by atoms with Crippen LogP contribution >= 0.6 is 0 Å². The summed E-state index contributed by atoms with van der Waals surface area (Å²) in [5.74, 6) is 0.733. The third kappa shape index (κ3) is 1.71. The third-order valence-corrected chi connectivity index (χ3v) is 1.80. The van der Waals surface area contributed by atoms with E-state index < -0.39 is 0 Å². The Labute approximate surface area is 80.0 Å². The molecule has 2 rings (SSSR count). The molecule has 0 unspecified atom stereocenters. The van der Waals surface area contributed by atoms with Gasteiger partial charge in [0.2, 0.25) is 0 Å². The van der Waals surface area contributed by atoms with Gasteiger partial charge in [-0.05, 0) is 6.92 Å². The van der Waals surface area contributed by atoms with E-state index in [2.05, 4.69) is 10.1 Å². The van der Waals surface area contributed by atoms with E-state index >= 15 is 0 Å². The van der Waals surface area contributed by atoms with Crippen molar-refractivity contribution in [1.29, 1.82) is 0 Å². The summed E-state index contributed by atoms with van der Waals surface area (Å²) in [7, 11) is 0. The minimum atomic E-state index is -0.0966. The Hall–Kier alpha value is -1.91. The van der Waals surface area contributed by atoms with Crippen LogP contribution in [-0.2, 0) is 6.54 Å². The van der Waals surface area contributed by atoms with E-state index in [1.807, 2.05) is 6.92 Å². The number of aryl methyl sites for hydroxylation is 1. The number of hydrogen-bond acceptors (Lipinski definition) is 4. The van der Waals surface area contributed by atoms with E-state index in [1.165, 1.54) is 23.2 Å². The maximum atomic E-state index is 11.3. The molecule has 0 saturated heterocycles. The highest BCUT2D eigenvalue weighted by molar-refractivity contribution is 5.04. The normalized spacial score (nSPS) is 10.4. The second kappa shape index (κ2) is 3.45. The molecule has 0 saturated carbocycles. The summed E-state index contributed by atoms with van der Waals surface area (Å²) in [4.78, 5) is 15.1. The van der Waals surface area contributed by atoms with Gasteiger partial charge in [-0.3, -0.25) is 9.36 Å². The zero-order valence-electron chi connectivity index (χ0n) is 7.67. The predicted octanol–water partition coefficient (Wildman–Crippen LogP) is 0.588. The number of nitrogens with zero attached hydrogens (tertiary/aromatic N) is 3. The third-order valence-electron chi connectivity index (χ3n) is 1.80. The van der Waals surface area contributed by atoms with Gasteiger partial charge in [0.05, 0.1) is 12.9 Å². The van der Waals surface area contributed by atoms with E-state index in [0.717, 1.165) is 11.5 Å². The lowest BCUT2D eigenvalue weighted by Gasteiger charge is -1.98. The molecule has 72 valence electrons. The van der Waals surface area contributed by atoms with Crippen molar-refractivity contribution < 1.29 is 4.52 Å². The lowest BCUT2D eigenvalue weighted by atomic mass is 10.4. The van der Waals surface area contributed by atoms with Crippen LogP contribution in [-0.4, -0.2) is 14.7 Å². The molecular formula is C9H9N3O2. The van der Waals surface area contributed by atoms with E-state index in [0.29, 0.717) is 6.54 Å². The number of hydrogen-bond donors (Lipinski definition) is 0. The number of rotatable bonds is 2. The first-order chi connectivity index (χ1) is 6.75. The van der Waals surface area contributed by atoms with Crippen molar-refractivity contribution in [2.45, 2.75) is 13.5 Å². The minimum absolute atomic E-state index is 0.0966. The van der Waals surface area contributed by atoms with Crippen LogP contribution < -0.4 is 5.56 Å². The molecule has 2 aromatic heterocycles. The minimum Gasteiger partial charge on any atom is -0.361 e. The van der Waals surface area contributed by atoms with Gasteiger partial charge in [0.25, 0.3) is 5.56 Å². The van der Waals surface area contributed by atoms with Gasteiger partial charge < -0.3 is 4.52 Å². The molecule has 0 atom stereocenters. The van der Waals surface area contributed by atoms with E-state index in [4.69, 9.17) is 4.52 Å². The van der Waals surface area contributed by atoms with Gasteiger partial charge in [0.1, 0.15) is 11.5 Å². The van der Waals surface area contributed by atoms with Crippen molar-refractivity contribution in [3.8, 4) is 0 Å². The summed E-state index contributed by atoms with van der Waals surface area (Å²) in [6.07, 6.45) is 2.94. The maximum absolute atomic E-state index is 11.3. The van der Waals surface area contributed by atoms with Crippen molar-refractivity contribution >= 4 is 0 Å². The number of aromatic nitrogens is 3. The van der Waals surface area contributed by atoms with E-state index in [1.54, 1.807) is 6.07 Å². The fourth-order valence-electron chi connectivity index (χ4n) is 1.16. The second-order valence-electron chi connectivity index (χ2n) is 2.98. The molecule has 0 aliphatic rings. The quantitative estimate of drug-likeness (QED) is 0.696. The van der Waals surface area contributed by atoms with Crippen LogP contribution in [0, 0.1) is 6.92 Å². The molecule has 0 aromatic carbocycles. The molecule has 0 radical (unpaired) electrons. The average molecular weight is 191 g/mol. The summed E-state index contributed by atoms with van der Waals surface area (Å²) in [5.41, 5.74) is 0.623. The second-order valence-corrected chi connectivity index (χ2v) is 2.98. The molecule has 0 N–H and O–H groups in total. The average Bonchev–Trinajstić information content (AvgIpc) is 2.56. The molecule has 0 aliphatic heterocycles. The molecule has 0 amide bonds. The molecule has 5 heteroatoms. The first-order valence-electron chi connectivity index (χ1n) is 4.18. The summed E-state index contributed by atoms with van der Waals surface area (Å²) < 4.78 is 6.36. The molecule has 0 spiro atoms. The van der Waals surface area contributed by atoms with Crippen LogP contribution in [0.2, 0.25) is 0 Å². The van der Waals surface area contributed by atoms with Gasteiger partial charge in [0, 0.05) is 18.3 Å². The van der Waals surface area contributed by atoms with Crippen LogP contribution in [0.25, 0.3) is 0 Å². The molecule has 0 aliphatic carbocycles. The van der Waals surface area contributed by atoms with Crippen molar-refractivity contribution in [2.24, 2.45) is 0 Å². The lowest BCUT2D eigenvalue weighted by Crippen LogP contribution is -2.19. The standard InChI is InChI=1S/C9H9N3O2/c1-7-4-8(11-14-7)5-12-6-10-3-2-9(12)13/h2-4,6H,5H2,1H3. The molecule has 0 fully saturated rings. The Morgan fingerprint density at radius 1 is 1.57 bits per heavy atom. The van der Waals surface area contributed by atoms with Gasteiger partial charge in [-0.25, -0.2) is 4.98 Å². The lowest BCUT2D eigenvalue weighted by molar-refractivity contribution is 0.388. The molecule has 0 bridgehead atoms. The smallest absolute Gasteiger partial charge is 0.253 e. The molecular weight excluding hydrogens is 182 g/mol. The van der Waals surface area contributed by atoms with Gasteiger partial charge >= 0.3 is 0 Å². The van der Waals surface area contributed by atoms with Crippen molar-refractivity contribution in [1.82, 2.24) is 14.7 Å². The Balaban J connectivity index is 2.27. The Morgan fingerprint density at radius 2 is 2.43 bits per heavy atom. The van der Waals surface area contributed by atoms with Crippen LogP contribution in [0.5, 0.6) is 0 Å². The predicted molar refractivity (Wildman–Crippen MR) is 48.8 cm³/mol. The van der Waals surface area contributed by atoms with Crippen LogP contribution in [0.15, 0.2) is 34.0 Å². The topological polar surface area (TPSA) is 60.9 Å². The zero-order valence-corrected chi connectivity index (χ0v) is 7.67. The Kier molecular flexibility index (Phi) is 2.14. The van der Waals surface area contributed by atoms with Crippen LogP contribution in [0.4, 0.5) is 0 Å². The van der Waals surface area contributed by atoms with Gasteiger partial charge in [-0.15, -0.1) is 0 Å². The summed E-state index contributed by atoms with van der Waals surface area (Å²) in [5, 5.41) is 3.79. The van der Waals surface area contributed by atoms with Crippen LogP contribution in [0.3, 0.4) is 0 Å². The van der Waals surface area contributed by atoms with Crippen LogP contribution in [0.1, 0.15) is 11.5 Å². The highest BCUT2D eigenvalue weighted by atomic mass is 16.5. The van der Waals surface area contributed by atoms with Gasteiger partial charge in [0.15, 0.2) is 0 Å². The zero-order chi connectivity index (χ0) is 9.97. The van der Waals surface area contributed by atoms with Crippen molar-refractivity contribution in [2.75, 3.05) is 0 Å².